The summed E-state index contributed by atoms with van der Waals surface area (Å²) >= 11 is 0. The van der Waals surface area contributed by atoms with Crippen LogP contribution < -0.4 is 4.90 Å². The number of nitrogens with zero attached hydrogens (tertiary/aromatic N) is 1. The maximum absolute atomic E-state index is 6.44. The minimum absolute atomic E-state index is 0.113. The van der Waals surface area contributed by atoms with Gasteiger partial charge in [0.2, 0.25) is 0 Å². The van der Waals surface area contributed by atoms with E-state index in [1.54, 1.807) is 0 Å². The van der Waals surface area contributed by atoms with E-state index in [4.69, 9.17) is 4.42 Å². The molecule has 1 aliphatic rings. The van der Waals surface area contributed by atoms with Crippen molar-refractivity contribution in [1.29, 1.82) is 0 Å². The van der Waals surface area contributed by atoms with Crippen molar-refractivity contribution in [2.75, 3.05) is 4.90 Å². The Kier molecular flexibility index (Phi) is 6.89. The van der Waals surface area contributed by atoms with Crippen LogP contribution in [0.3, 0.4) is 0 Å². The fraction of sp³-hybridized carbons (Fsp3) is 0.0833. The maximum atomic E-state index is 6.44. The first-order chi connectivity index (χ1) is 24.4. The van der Waals surface area contributed by atoms with Crippen LogP contribution in [0.15, 0.2) is 169 Å². The van der Waals surface area contributed by atoms with E-state index in [9.17, 15) is 0 Å². The fourth-order valence-corrected chi connectivity index (χ4v) is 8.12. The van der Waals surface area contributed by atoms with Crippen molar-refractivity contribution in [3.63, 3.8) is 0 Å². The van der Waals surface area contributed by atoms with Gasteiger partial charge in [0.1, 0.15) is 11.3 Å². The predicted octanol–water partition coefficient (Wildman–Crippen LogP) is 13.4. The number of benzene rings is 7. The first-order valence-electron chi connectivity index (χ1n) is 17.3. The molecule has 0 unspecified atom stereocenters. The molecule has 0 N–H and O–H groups in total. The molecule has 0 amide bonds. The van der Waals surface area contributed by atoms with Crippen LogP contribution in [-0.2, 0) is 5.41 Å². The minimum Gasteiger partial charge on any atom is -0.456 e. The largest absolute Gasteiger partial charge is 0.456 e. The van der Waals surface area contributed by atoms with Crippen molar-refractivity contribution >= 4 is 55.1 Å². The zero-order valence-electron chi connectivity index (χ0n) is 28.6. The molecular formula is C48H37NO. The average molecular weight is 644 g/mol. The number of aryl methyl sites for hydroxylation is 1. The van der Waals surface area contributed by atoms with Gasteiger partial charge in [-0.05, 0) is 87.3 Å². The van der Waals surface area contributed by atoms with Crippen LogP contribution in [-0.4, -0.2) is 0 Å². The van der Waals surface area contributed by atoms with Crippen molar-refractivity contribution in [2.45, 2.75) is 26.2 Å². The summed E-state index contributed by atoms with van der Waals surface area (Å²) in [4.78, 5) is 2.43. The van der Waals surface area contributed by atoms with Gasteiger partial charge in [-0.1, -0.05) is 142 Å². The van der Waals surface area contributed by atoms with Gasteiger partial charge < -0.3 is 9.32 Å². The lowest BCUT2D eigenvalue weighted by molar-refractivity contribution is 0.597. The molecule has 240 valence electrons. The van der Waals surface area contributed by atoms with E-state index >= 15 is 0 Å². The molecular weight excluding hydrogens is 607 g/mol. The quantitative estimate of drug-likeness (QED) is 0.132. The number of hydrogen-bond acceptors (Lipinski definition) is 2. The summed E-state index contributed by atoms with van der Waals surface area (Å²) in [5.41, 5.74) is 12.7. The zero-order valence-corrected chi connectivity index (χ0v) is 28.6. The van der Waals surface area contributed by atoms with Gasteiger partial charge in [-0.15, -0.1) is 0 Å². The van der Waals surface area contributed by atoms with Crippen molar-refractivity contribution in [3.8, 4) is 11.1 Å². The van der Waals surface area contributed by atoms with Gasteiger partial charge in [0.15, 0.2) is 0 Å². The summed E-state index contributed by atoms with van der Waals surface area (Å²) in [6.45, 7) is 10.9. The predicted molar refractivity (Wildman–Crippen MR) is 212 cm³/mol. The number of fused-ring (bicyclic) bond motifs is 7. The number of hydrogen-bond donors (Lipinski definition) is 0. The monoisotopic (exact) mass is 643 g/mol. The van der Waals surface area contributed by atoms with Crippen LogP contribution in [0.1, 0.15) is 41.9 Å². The first-order valence-corrected chi connectivity index (χ1v) is 17.3. The Morgan fingerprint density at radius 2 is 1.26 bits per heavy atom. The Labute approximate surface area is 293 Å². The standard InChI is InChI=1S/C48H37NO/c1-5-14-38(47-31(2)36-16-11-13-22-46(36)50-47)32-23-25-34(26-24-32)49(45-29-33-15-6-7-17-37(33)39-18-8-9-20-42(39)45)35-27-28-41-40-19-10-12-21-43(40)48(3,4)44(41)30-35/h5-30H,1H2,2-4H3/b38-14-. The Morgan fingerprint density at radius 3 is 2.04 bits per heavy atom. The van der Waals surface area contributed by atoms with E-state index in [1.165, 1.54) is 43.8 Å². The molecule has 0 bridgehead atoms. The highest BCUT2D eigenvalue weighted by molar-refractivity contribution is 6.14. The molecule has 8 aromatic rings. The van der Waals surface area contributed by atoms with Crippen LogP contribution in [0.5, 0.6) is 0 Å². The van der Waals surface area contributed by atoms with Crippen LogP contribution in [0.25, 0.3) is 49.2 Å². The summed E-state index contributed by atoms with van der Waals surface area (Å²) in [5.74, 6) is 0.872. The number of allylic oxidation sites excluding steroid dienone is 2. The highest BCUT2D eigenvalue weighted by Gasteiger charge is 2.36. The first kappa shape index (κ1) is 30.0. The minimum atomic E-state index is -0.113. The normalized spacial score (nSPS) is 13.5. The highest BCUT2D eigenvalue weighted by atomic mass is 16.3. The second-order valence-electron chi connectivity index (χ2n) is 13.8. The Balaban J connectivity index is 1.24. The van der Waals surface area contributed by atoms with Crippen molar-refractivity contribution in [3.05, 3.63) is 192 Å². The van der Waals surface area contributed by atoms with Gasteiger partial charge in [0.05, 0.1) is 5.69 Å². The summed E-state index contributed by atoms with van der Waals surface area (Å²) in [7, 11) is 0. The molecule has 50 heavy (non-hydrogen) atoms. The molecule has 9 rings (SSSR count). The van der Waals surface area contributed by atoms with Gasteiger partial charge in [0, 0.05) is 38.7 Å². The van der Waals surface area contributed by atoms with Crippen LogP contribution in [0.2, 0.25) is 0 Å². The fourth-order valence-electron chi connectivity index (χ4n) is 8.12. The molecule has 1 aliphatic carbocycles. The summed E-state index contributed by atoms with van der Waals surface area (Å²) in [6.07, 6.45) is 3.89. The molecule has 2 nitrogen and oxygen atoms in total. The third-order valence-electron chi connectivity index (χ3n) is 10.6. The molecule has 0 spiro atoms. The highest BCUT2D eigenvalue weighted by Crippen LogP contribution is 2.51. The molecule has 1 heterocycles. The molecule has 2 heteroatoms. The molecule has 1 aromatic heterocycles. The van der Waals surface area contributed by atoms with Crippen molar-refractivity contribution < 1.29 is 4.42 Å². The van der Waals surface area contributed by atoms with Crippen molar-refractivity contribution in [1.82, 2.24) is 0 Å². The lowest BCUT2D eigenvalue weighted by Crippen LogP contribution is -2.16. The second-order valence-corrected chi connectivity index (χ2v) is 13.8. The SMILES string of the molecule is C=C/C=C(/c1ccc(N(c2ccc3c(c2)C(C)(C)c2ccccc2-3)c2cc3ccccc3c3ccccc23)cc1)c1oc2ccccc2c1C. The van der Waals surface area contributed by atoms with Crippen LogP contribution in [0, 0.1) is 6.92 Å². The van der Waals surface area contributed by atoms with Gasteiger partial charge in [-0.25, -0.2) is 0 Å². The van der Waals surface area contributed by atoms with Gasteiger partial charge >= 0.3 is 0 Å². The number of furan rings is 1. The molecule has 0 radical (unpaired) electrons. The Hall–Kier alpha value is -6.12. The molecule has 0 atom stereocenters. The summed E-state index contributed by atoms with van der Waals surface area (Å²) in [6, 6.07) is 52.8. The summed E-state index contributed by atoms with van der Waals surface area (Å²) in [5, 5.41) is 6.06. The molecule has 0 saturated heterocycles. The van der Waals surface area contributed by atoms with Crippen LogP contribution >= 0.6 is 0 Å². The topological polar surface area (TPSA) is 16.4 Å². The lowest BCUT2D eigenvalue weighted by Gasteiger charge is -2.29. The van der Waals surface area contributed by atoms with E-state index in [0.29, 0.717) is 0 Å². The Morgan fingerprint density at radius 1 is 0.620 bits per heavy atom. The number of para-hydroxylation sites is 1. The van der Waals surface area contributed by atoms with Crippen molar-refractivity contribution in [2.24, 2.45) is 0 Å². The summed E-state index contributed by atoms with van der Waals surface area (Å²) < 4.78 is 6.44. The molecule has 0 saturated carbocycles. The maximum Gasteiger partial charge on any atom is 0.138 e. The van der Waals surface area contributed by atoms with Gasteiger partial charge in [0.25, 0.3) is 0 Å². The molecule has 7 aromatic carbocycles. The van der Waals surface area contributed by atoms with Gasteiger partial charge in [-0.2, -0.15) is 0 Å². The van der Waals surface area contributed by atoms with E-state index in [1.807, 2.05) is 18.2 Å². The zero-order chi connectivity index (χ0) is 34.0. The van der Waals surface area contributed by atoms with Gasteiger partial charge in [-0.3, -0.25) is 0 Å². The smallest absolute Gasteiger partial charge is 0.138 e. The van der Waals surface area contributed by atoms with E-state index in [-0.39, 0.29) is 5.41 Å². The number of anilines is 3. The second kappa shape index (κ2) is 11.5. The van der Waals surface area contributed by atoms with E-state index < -0.39 is 0 Å². The average Bonchev–Trinajstić information content (AvgIpc) is 3.61. The lowest BCUT2D eigenvalue weighted by atomic mass is 9.82. The van der Waals surface area contributed by atoms with E-state index in [2.05, 4.69) is 172 Å². The Bertz CT molecular complexity index is 2650. The molecule has 0 fully saturated rings. The van der Waals surface area contributed by atoms with Crippen LogP contribution in [0.4, 0.5) is 17.1 Å². The van der Waals surface area contributed by atoms with E-state index in [0.717, 1.165) is 50.5 Å². The number of rotatable bonds is 6. The molecule has 0 aliphatic heterocycles. The third kappa shape index (κ3) is 4.56. The third-order valence-corrected chi connectivity index (χ3v) is 10.6.